The maximum atomic E-state index is 12.7. The largest absolute Gasteiger partial charge is 0.481 e. The summed E-state index contributed by atoms with van der Waals surface area (Å²) in [6, 6.07) is 5.24. The molecule has 2 heterocycles. The zero-order chi connectivity index (χ0) is 15.5. The number of aliphatic carboxylic acids is 1. The quantitative estimate of drug-likeness (QED) is 0.897. The normalized spacial score (nSPS) is 18.5. The molecule has 1 aromatic carbocycles. The molecule has 1 amide bonds. The van der Waals surface area contributed by atoms with E-state index in [2.05, 4.69) is 15.4 Å². The second-order valence-electron chi connectivity index (χ2n) is 5.61. The van der Waals surface area contributed by atoms with Gasteiger partial charge in [0.1, 0.15) is 11.0 Å². The van der Waals surface area contributed by atoms with Gasteiger partial charge in [0.15, 0.2) is 0 Å². The molecule has 116 valence electrons. The standard InChI is InChI=1S/C15H18N4O3/c20-14(21)7-5-11-3-1-2-8-19(11)15(22)10-4-6-12-13(9-10)17-18-16-12/h4,6,9,11H,1-3,5,7-8H2,(H,20,21)(H,16,17,18). The number of carbonyl (C=O) groups is 2. The van der Waals surface area contributed by atoms with Gasteiger partial charge in [0.25, 0.3) is 5.91 Å². The molecule has 22 heavy (non-hydrogen) atoms. The Morgan fingerprint density at radius 2 is 2.09 bits per heavy atom. The van der Waals surface area contributed by atoms with Crippen LogP contribution in [0.15, 0.2) is 18.2 Å². The highest BCUT2D eigenvalue weighted by Gasteiger charge is 2.28. The molecule has 7 heteroatoms. The van der Waals surface area contributed by atoms with Crippen LogP contribution in [0.3, 0.4) is 0 Å². The summed E-state index contributed by atoms with van der Waals surface area (Å²) in [6.07, 6.45) is 3.47. The number of hydrogen-bond donors (Lipinski definition) is 2. The Bertz CT molecular complexity index is 697. The smallest absolute Gasteiger partial charge is 0.303 e. The first-order valence-corrected chi connectivity index (χ1v) is 7.48. The minimum absolute atomic E-state index is 0.00496. The second-order valence-corrected chi connectivity index (χ2v) is 5.61. The summed E-state index contributed by atoms with van der Waals surface area (Å²) in [7, 11) is 0. The van der Waals surface area contributed by atoms with E-state index in [0.29, 0.717) is 24.0 Å². The van der Waals surface area contributed by atoms with E-state index in [1.165, 1.54) is 0 Å². The summed E-state index contributed by atoms with van der Waals surface area (Å²) in [5.74, 6) is -0.873. The average Bonchev–Trinajstić information content (AvgIpc) is 3.00. The number of rotatable bonds is 4. The third-order valence-electron chi connectivity index (χ3n) is 4.14. The molecule has 7 nitrogen and oxygen atoms in total. The van der Waals surface area contributed by atoms with Gasteiger partial charge in [-0.1, -0.05) is 0 Å². The van der Waals surface area contributed by atoms with Crippen molar-refractivity contribution in [2.75, 3.05) is 6.54 Å². The first-order valence-electron chi connectivity index (χ1n) is 7.48. The number of likely N-dealkylation sites (tertiary alicyclic amines) is 1. The molecule has 1 aliphatic heterocycles. The lowest BCUT2D eigenvalue weighted by Crippen LogP contribution is -2.43. The van der Waals surface area contributed by atoms with E-state index in [1.54, 1.807) is 18.2 Å². The lowest BCUT2D eigenvalue weighted by molar-refractivity contribution is -0.137. The zero-order valence-electron chi connectivity index (χ0n) is 12.2. The van der Waals surface area contributed by atoms with Gasteiger partial charge in [-0.3, -0.25) is 9.59 Å². The van der Waals surface area contributed by atoms with Gasteiger partial charge in [0.2, 0.25) is 0 Å². The summed E-state index contributed by atoms with van der Waals surface area (Å²) >= 11 is 0. The first-order chi connectivity index (χ1) is 10.6. The van der Waals surface area contributed by atoms with Crippen LogP contribution in [0.1, 0.15) is 42.5 Å². The van der Waals surface area contributed by atoms with E-state index in [-0.39, 0.29) is 18.4 Å². The Kier molecular flexibility index (Phi) is 4.04. The van der Waals surface area contributed by atoms with Crippen LogP contribution in [-0.2, 0) is 4.79 Å². The van der Waals surface area contributed by atoms with E-state index < -0.39 is 5.97 Å². The molecule has 1 aromatic heterocycles. The fourth-order valence-electron chi connectivity index (χ4n) is 3.00. The summed E-state index contributed by atoms with van der Waals surface area (Å²) in [6.45, 7) is 0.681. The number of aromatic amines is 1. The molecular formula is C15H18N4O3. The maximum Gasteiger partial charge on any atom is 0.303 e. The number of nitrogens with one attached hydrogen (secondary N) is 1. The number of carboxylic acid groups (broad SMARTS) is 1. The van der Waals surface area contributed by atoms with Gasteiger partial charge in [-0.05, 0) is 43.9 Å². The van der Waals surface area contributed by atoms with Crippen LogP contribution in [0, 0.1) is 0 Å². The molecule has 1 aliphatic rings. The molecular weight excluding hydrogens is 284 g/mol. The van der Waals surface area contributed by atoms with E-state index >= 15 is 0 Å². The van der Waals surface area contributed by atoms with Crippen molar-refractivity contribution >= 4 is 22.9 Å². The highest BCUT2D eigenvalue weighted by Crippen LogP contribution is 2.24. The van der Waals surface area contributed by atoms with Crippen molar-refractivity contribution in [1.82, 2.24) is 20.3 Å². The van der Waals surface area contributed by atoms with E-state index in [1.807, 2.05) is 4.90 Å². The number of piperidine rings is 1. The van der Waals surface area contributed by atoms with Crippen LogP contribution in [0.5, 0.6) is 0 Å². The SMILES string of the molecule is O=C(O)CCC1CCCCN1C(=O)c1ccc2n[nH]nc2c1. The fourth-order valence-corrected chi connectivity index (χ4v) is 3.00. The average molecular weight is 302 g/mol. The minimum atomic E-state index is -0.818. The van der Waals surface area contributed by atoms with Crippen molar-refractivity contribution in [3.8, 4) is 0 Å². The number of fused-ring (bicyclic) bond motifs is 1. The number of benzene rings is 1. The topological polar surface area (TPSA) is 99.2 Å². The predicted octanol–water partition coefficient (Wildman–Crippen LogP) is 1.82. The van der Waals surface area contributed by atoms with Gasteiger partial charge >= 0.3 is 5.97 Å². The number of H-pyrrole nitrogens is 1. The van der Waals surface area contributed by atoms with Crippen molar-refractivity contribution in [2.45, 2.75) is 38.1 Å². The first kappa shape index (κ1) is 14.5. The van der Waals surface area contributed by atoms with Crippen molar-refractivity contribution in [1.29, 1.82) is 0 Å². The second kappa shape index (κ2) is 6.13. The van der Waals surface area contributed by atoms with Gasteiger partial charge in [-0.2, -0.15) is 15.4 Å². The highest BCUT2D eigenvalue weighted by molar-refractivity contribution is 5.97. The van der Waals surface area contributed by atoms with Crippen LogP contribution < -0.4 is 0 Å². The molecule has 2 aromatic rings. The van der Waals surface area contributed by atoms with Crippen molar-refractivity contribution < 1.29 is 14.7 Å². The summed E-state index contributed by atoms with van der Waals surface area (Å²) < 4.78 is 0. The molecule has 1 saturated heterocycles. The Hall–Kier alpha value is -2.44. The van der Waals surface area contributed by atoms with Gasteiger partial charge in [0, 0.05) is 24.6 Å². The van der Waals surface area contributed by atoms with Crippen molar-refractivity contribution in [2.24, 2.45) is 0 Å². The number of nitrogens with zero attached hydrogens (tertiary/aromatic N) is 3. The molecule has 0 aliphatic carbocycles. The van der Waals surface area contributed by atoms with E-state index in [4.69, 9.17) is 5.11 Å². The molecule has 2 N–H and O–H groups in total. The molecule has 0 bridgehead atoms. The summed E-state index contributed by atoms with van der Waals surface area (Å²) in [4.78, 5) is 25.3. The minimum Gasteiger partial charge on any atom is -0.481 e. The molecule has 0 radical (unpaired) electrons. The van der Waals surface area contributed by atoms with Crippen LogP contribution in [0.2, 0.25) is 0 Å². The lowest BCUT2D eigenvalue weighted by atomic mass is 9.97. The van der Waals surface area contributed by atoms with Crippen LogP contribution in [0.4, 0.5) is 0 Å². The summed E-state index contributed by atoms with van der Waals surface area (Å²) in [5, 5.41) is 19.4. The molecule has 3 rings (SSSR count). The lowest BCUT2D eigenvalue weighted by Gasteiger charge is -2.35. The Morgan fingerprint density at radius 1 is 1.27 bits per heavy atom. The third-order valence-corrected chi connectivity index (χ3v) is 4.14. The van der Waals surface area contributed by atoms with Crippen molar-refractivity contribution in [3.05, 3.63) is 23.8 Å². The van der Waals surface area contributed by atoms with Gasteiger partial charge in [-0.25, -0.2) is 0 Å². The number of aromatic nitrogens is 3. The van der Waals surface area contributed by atoms with Gasteiger partial charge < -0.3 is 10.0 Å². The van der Waals surface area contributed by atoms with Crippen LogP contribution in [-0.4, -0.2) is 49.9 Å². The monoisotopic (exact) mass is 302 g/mol. The number of hydrogen-bond acceptors (Lipinski definition) is 4. The Labute approximate surface area is 127 Å². The zero-order valence-corrected chi connectivity index (χ0v) is 12.2. The van der Waals surface area contributed by atoms with Crippen molar-refractivity contribution in [3.63, 3.8) is 0 Å². The molecule has 1 unspecified atom stereocenters. The summed E-state index contributed by atoms with van der Waals surface area (Å²) in [5.41, 5.74) is 1.95. The third kappa shape index (κ3) is 2.93. The fraction of sp³-hybridized carbons (Fsp3) is 0.467. The maximum absolute atomic E-state index is 12.7. The van der Waals surface area contributed by atoms with Crippen LogP contribution >= 0.6 is 0 Å². The van der Waals surface area contributed by atoms with E-state index in [9.17, 15) is 9.59 Å². The Balaban J connectivity index is 1.79. The highest BCUT2D eigenvalue weighted by atomic mass is 16.4. The number of carboxylic acids is 1. The molecule has 1 fully saturated rings. The van der Waals surface area contributed by atoms with Gasteiger partial charge in [0.05, 0.1) is 0 Å². The van der Waals surface area contributed by atoms with Gasteiger partial charge in [-0.15, -0.1) is 0 Å². The van der Waals surface area contributed by atoms with Crippen LogP contribution in [0.25, 0.3) is 11.0 Å². The molecule has 0 spiro atoms. The molecule has 1 atom stereocenters. The van der Waals surface area contributed by atoms with E-state index in [0.717, 1.165) is 24.8 Å². The molecule has 0 saturated carbocycles. The Morgan fingerprint density at radius 3 is 2.91 bits per heavy atom. The number of carbonyl (C=O) groups excluding carboxylic acids is 1. The predicted molar refractivity (Wildman–Crippen MR) is 79.4 cm³/mol. The number of amides is 1.